The van der Waals surface area contributed by atoms with Crippen LogP contribution >= 0.6 is 22.6 Å². The van der Waals surface area contributed by atoms with E-state index < -0.39 is 16.0 Å². The maximum atomic E-state index is 11.8. The van der Waals surface area contributed by atoms with Gasteiger partial charge in [-0.2, -0.15) is 13.2 Å². The number of rotatable bonds is 2. The highest BCUT2D eigenvalue weighted by Crippen LogP contribution is 2.13. The van der Waals surface area contributed by atoms with E-state index in [4.69, 9.17) is 0 Å². The molecule has 1 atom stereocenters. The molecular formula is C11H7F3INO. The third-order valence-electron chi connectivity index (χ3n) is 1.61. The number of para-hydroxylation sites is 1. The summed E-state index contributed by atoms with van der Waals surface area (Å²) in [5.41, 5.74) is 0.521. The van der Waals surface area contributed by atoms with Crippen LogP contribution in [0.3, 0.4) is 0 Å². The highest BCUT2D eigenvalue weighted by molar-refractivity contribution is 14.1. The van der Waals surface area contributed by atoms with Gasteiger partial charge in [-0.25, -0.2) is 0 Å². The van der Waals surface area contributed by atoms with Crippen molar-refractivity contribution < 1.29 is 18.0 Å². The lowest BCUT2D eigenvalue weighted by atomic mass is 10.3. The fourth-order valence-electron chi connectivity index (χ4n) is 0.938. The molecule has 0 bridgehead atoms. The molecule has 1 aromatic carbocycles. The Hall–Kier alpha value is -1.23. The average molecular weight is 353 g/mol. The molecule has 1 amide bonds. The second-order valence-electron chi connectivity index (χ2n) is 2.98. The Labute approximate surface area is 110 Å². The van der Waals surface area contributed by atoms with Gasteiger partial charge in [-0.1, -0.05) is 46.7 Å². The number of benzene rings is 1. The van der Waals surface area contributed by atoms with E-state index in [2.05, 4.69) is 5.32 Å². The number of amides is 1. The molecule has 1 rings (SSSR count). The van der Waals surface area contributed by atoms with Crippen LogP contribution in [0.5, 0.6) is 0 Å². The Kier molecular flexibility index (Phi) is 4.81. The average Bonchev–Trinajstić information content (AvgIpc) is 2.26. The predicted molar refractivity (Wildman–Crippen MR) is 66.7 cm³/mol. The minimum Gasteiger partial charge on any atom is -0.324 e. The van der Waals surface area contributed by atoms with Crippen molar-refractivity contribution in [2.45, 2.75) is 10.1 Å². The summed E-state index contributed by atoms with van der Waals surface area (Å²) in [5.74, 6) is 2.34. The van der Waals surface area contributed by atoms with Crippen molar-refractivity contribution in [2.24, 2.45) is 0 Å². The van der Waals surface area contributed by atoms with Crippen LogP contribution in [0.2, 0.25) is 0 Å². The SMILES string of the molecule is O=C(Nc1ccccc1)C(I)C#CC(F)(F)F. The summed E-state index contributed by atoms with van der Waals surface area (Å²) >= 11 is 1.55. The van der Waals surface area contributed by atoms with Crippen molar-refractivity contribution in [3.05, 3.63) is 30.3 Å². The lowest BCUT2D eigenvalue weighted by Gasteiger charge is -2.05. The van der Waals surface area contributed by atoms with Gasteiger partial charge in [0.25, 0.3) is 0 Å². The maximum absolute atomic E-state index is 11.8. The summed E-state index contributed by atoms with van der Waals surface area (Å²) in [6.07, 6.45) is -4.57. The first-order valence-corrected chi connectivity index (χ1v) is 5.72. The van der Waals surface area contributed by atoms with Crippen molar-refractivity contribution in [1.29, 1.82) is 0 Å². The fraction of sp³-hybridized carbons (Fsp3) is 0.182. The van der Waals surface area contributed by atoms with Crippen molar-refractivity contribution >= 4 is 34.2 Å². The number of anilines is 1. The summed E-state index contributed by atoms with van der Waals surface area (Å²) in [5, 5.41) is 2.46. The topological polar surface area (TPSA) is 29.1 Å². The van der Waals surface area contributed by atoms with E-state index in [9.17, 15) is 18.0 Å². The number of halogens is 4. The second kappa shape index (κ2) is 5.91. The van der Waals surface area contributed by atoms with Crippen LogP contribution in [0.15, 0.2) is 30.3 Å². The summed E-state index contributed by atoms with van der Waals surface area (Å²) < 4.78 is 34.3. The minimum atomic E-state index is -4.57. The van der Waals surface area contributed by atoms with Gasteiger partial charge in [0.15, 0.2) is 3.92 Å². The maximum Gasteiger partial charge on any atom is 0.457 e. The number of hydrogen-bond acceptors (Lipinski definition) is 1. The van der Waals surface area contributed by atoms with E-state index in [1.165, 1.54) is 0 Å². The Morgan fingerprint density at radius 2 is 1.88 bits per heavy atom. The quantitative estimate of drug-likeness (QED) is 0.495. The molecule has 0 aliphatic heterocycles. The molecule has 1 unspecified atom stereocenters. The van der Waals surface area contributed by atoms with E-state index in [1.807, 2.05) is 5.92 Å². The molecule has 0 fully saturated rings. The number of hydrogen-bond donors (Lipinski definition) is 1. The van der Waals surface area contributed by atoms with Crippen LogP contribution < -0.4 is 5.32 Å². The Balaban J connectivity index is 2.62. The molecule has 0 heterocycles. The van der Waals surface area contributed by atoms with Crippen LogP contribution in [0, 0.1) is 11.8 Å². The standard InChI is InChI=1S/C11H7F3INO/c12-11(13,14)7-6-9(15)10(17)16-8-4-2-1-3-5-8/h1-5,9H,(H,16,17). The summed E-state index contributed by atoms with van der Waals surface area (Å²) in [6, 6.07) is 8.45. The number of carbonyl (C=O) groups is 1. The molecule has 17 heavy (non-hydrogen) atoms. The molecule has 0 saturated heterocycles. The Bertz CT molecular complexity index is 447. The van der Waals surface area contributed by atoms with E-state index >= 15 is 0 Å². The molecule has 0 radical (unpaired) electrons. The first-order chi connectivity index (χ1) is 7.88. The lowest BCUT2D eigenvalue weighted by Crippen LogP contribution is -2.21. The zero-order valence-corrected chi connectivity index (χ0v) is 10.5. The van der Waals surface area contributed by atoms with Crippen LogP contribution in [0.25, 0.3) is 0 Å². The van der Waals surface area contributed by atoms with Gasteiger partial charge in [0.05, 0.1) is 0 Å². The van der Waals surface area contributed by atoms with Crippen LogP contribution in [-0.4, -0.2) is 16.0 Å². The molecule has 2 nitrogen and oxygen atoms in total. The van der Waals surface area contributed by atoms with E-state index in [0.29, 0.717) is 5.69 Å². The molecule has 1 N–H and O–H groups in total. The molecule has 0 aliphatic carbocycles. The number of nitrogens with one attached hydrogen (secondary N) is 1. The number of alkyl halides is 4. The molecule has 1 aromatic rings. The first kappa shape index (κ1) is 13.8. The third kappa shape index (κ3) is 5.58. The van der Waals surface area contributed by atoms with Gasteiger partial charge in [-0.05, 0) is 12.1 Å². The Morgan fingerprint density at radius 3 is 2.41 bits per heavy atom. The zero-order chi connectivity index (χ0) is 12.9. The van der Waals surface area contributed by atoms with Gasteiger partial charge in [-0.15, -0.1) is 0 Å². The van der Waals surface area contributed by atoms with Crippen molar-refractivity contribution in [3.8, 4) is 11.8 Å². The van der Waals surface area contributed by atoms with Gasteiger partial charge in [-0.3, -0.25) is 4.79 Å². The normalized spacial score (nSPS) is 12.2. The molecular weight excluding hydrogens is 346 g/mol. The smallest absolute Gasteiger partial charge is 0.324 e. The highest BCUT2D eigenvalue weighted by atomic mass is 127. The molecule has 90 valence electrons. The summed E-state index contributed by atoms with van der Waals surface area (Å²) in [6.45, 7) is 0. The van der Waals surface area contributed by atoms with Gasteiger partial charge >= 0.3 is 6.18 Å². The van der Waals surface area contributed by atoms with Crippen LogP contribution in [0.1, 0.15) is 0 Å². The van der Waals surface area contributed by atoms with Crippen LogP contribution in [0.4, 0.5) is 18.9 Å². The molecule has 0 spiro atoms. The van der Waals surface area contributed by atoms with Crippen molar-refractivity contribution in [2.75, 3.05) is 5.32 Å². The fourth-order valence-corrected chi connectivity index (χ4v) is 1.25. The predicted octanol–water partition coefficient (Wildman–Crippen LogP) is 2.99. The lowest BCUT2D eigenvalue weighted by molar-refractivity contribution is -0.114. The van der Waals surface area contributed by atoms with Crippen LogP contribution in [-0.2, 0) is 4.79 Å². The highest BCUT2D eigenvalue weighted by Gasteiger charge is 2.24. The monoisotopic (exact) mass is 353 g/mol. The first-order valence-electron chi connectivity index (χ1n) is 4.48. The van der Waals surface area contributed by atoms with E-state index in [0.717, 1.165) is 5.92 Å². The summed E-state index contributed by atoms with van der Waals surface area (Å²) in [4.78, 5) is 11.4. The molecule has 0 aliphatic rings. The Morgan fingerprint density at radius 1 is 1.29 bits per heavy atom. The largest absolute Gasteiger partial charge is 0.457 e. The molecule has 0 saturated carbocycles. The third-order valence-corrected chi connectivity index (χ3v) is 2.49. The van der Waals surface area contributed by atoms with Crippen molar-refractivity contribution in [1.82, 2.24) is 0 Å². The van der Waals surface area contributed by atoms with Gasteiger partial charge in [0.1, 0.15) is 0 Å². The minimum absolute atomic E-state index is 0.521. The van der Waals surface area contributed by atoms with Crippen molar-refractivity contribution in [3.63, 3.8) is 0 Å². The molecule has 6 heteroatoms. The summed E-state index contributed by atoms with van der Waals surface area (Å²) in [7, 11) is 0. The zero-order valence-electron chi connectivity index (χ0n) is 8.38. The second-order valence-corrected chi connectivity index (χ2v) is 4.23. The molecule has 0 aromatic heterocycles. The van der Waals surface area contributed by atoms with Gasteiger partial charge in [0, 0.05) is 11.6 Å². The van der Waals surface area contributed by atoms with E-state index in [-0.39, 0.29) is 0 Å². The number of carbonyl (C=O) groups excluding carboxylic acids is 1. The van der Waals surface area contributed by atoms with Gasteiger partial charge < -0.3 is 5.32 Å². The van der Waals surface area contributed by atoms with E-state index in [1.54, 1.807) is 52.9 Å². The van der Waals surface area contributed by atoms with Gasteiger partial charge in [0.2, 0.25) is 5.91 Å².